The Bertz CT molecular complexity index is 3510. The normalized spacial score (nSPS) is 11.7. The molecule has 4 aromatic heterocycles. The lowest BCUT2D eigenvalue weighted by Gasteiger charge is -2.13. The Morgan fingerprint density at radius 2 is 1.13 bits per heavy atom. The molecule has 0 fully saturated rings. The van der Waals surface area contributed by atoms with Gasteiger partial charge >= 0.3 is 0 Å². The molecular formula is C55H37N5S. The molecule has 7 aromatic carbocycles. The zero-order valence-electron chi connectivity index (χ0n) is 33.3. The molecule has 11 aromatic rings. The molecule has 5 nitrogen and oxygen atoms in total. The number of hydrogen-bond donors (Lipinski definition) is 0. The molecule has 61 heavy (non-hydrogen) atoms. The third-order valence-electron chi connectivity index (χ3n) is 11.4. The maximum atomic E-state index is 5.45. The van der Waals surface area contributed by atoms with Gasteiger partial charge in [-0.15, -0.1) is 11.3 Å². The maximum absolute atomic E-state index is 5.45. The predicted octanol–water partition coefficient (Wildman–Crippen LogP) is 14.6. The lowest BCUT2D eigenvalue weighted by atomic mass is 9.95. The van der Waals surface area contributed by atoms with Crippen LogP contribution in [0.4, 0.5) is 0 Å². The van der Waals surface area contributed by atoms with E-state index < -0.39 is 0 Å². The molecule has 4 heterocycles. The van der Waals surface area contributed by atoms with Gasteiger partial charge in [0.25, 0.3) is 0 Å². The van der Waals surface area contributed by atoms with Gasteiger partial charge in [0.1, 0.15) is 0 Å². The fraction of sp³-hybridized carbons (Fsp3) is 0.0182. The minimum absolute atomic E-state index is 0.590. The molecule has 0 aliphatic carbocycles. The molecule has 288 valence electrons. The van der Waals surface area contributed by atoms with Crippen LogP contribution in [-0.2, 0) is 0 Å². The highest BCUT2D eigenvalue weighted by atomic mass is 32.1. The van der Waals surface area contributed by atoms with Crippen molar-refractivity contribution in [2.75, 3.05) is 0 Å². The molecule has 0 saturated heterocycles. The monoisotopic (exact) mass is 799 g/mol. The molecule has 0 spiro atoms. The van der Waals surface area contributed by atoms with Crippen molar-refractivity contribution in [1.82, 2.24) is 24.5 Å². The first-order valence-electron chi connectivity index (χ1n) is 20.3. The van der Waals surface area contributed by atoms with E-state index in [2.05, 4.69) is 170 Å². The minimum atomic E-state index is 0.590. The van der Waals surface area contributed by atoms with Crippen molar-refractivity contribution in [3.8, 4) is 62.2 Å². The second-order valence-electron chi connectivity index (χ2n) is 15.1. The van der Waals surface area contributed by atoms with E-state index in [1.807, 2.05) is 42.5 Å². The largest absolute Gasteiger partial charge is 0.310 e. The van der Waals surface area contributed by atoms with Crippen LogP contribution in [-0.4, -0.2) is 24.5 Å². The van der Waals surface area contributed by atoms with E-state index in [4.69, 9.17) is 19.9 Å². The lowest BCUT2D eigenvalue weighted by molar-refractivity contribution is 1.07. The van der Waals surface area contributed by atoms with Gasteiger partial charge in [0.2, 0.25) is 0 Å². The second-order valence-corrected chi connectivity index (χ2v) is 16.1. The standard InChI is InChI=1S/C55H37N5S/c1-3-4-30-46-35(2)42-26-11-13-31-47(42)60(46)41-25-16-24-40(34-41)55-58-53(37-20-9-6-10-21-37)57-54(59-55)39-23-15-22-38(33-39)51-52-50(44-27-12-14-32-48(44)61-52)49-43(28-17-29-45(49)56-51)36-18-7-5-8-19-36/h3-34H,1H2,2H3/b30-4-. The van der Waals surface area contributed by atoms with Crippen LogP contribution in [0.2, 0.25) is 0 Å². The van der Waals surface area contributed by atoms with Gasteiger partial charge < -0.3 is 4.57 Å². The molecule has 0 amide bonds. The minimum Gasteiger partial charge on any atom is -0.310 e. The Morgan fingerprint density at radius 1 is 0.525 bits per heavy atom. The quantitative estimate of drug-likeness (QED) is 0.144. The zero-order valence-corrected chi connectivity index (χ0v) is 34.1. The Balaban J connectivity index is 1.09. The molecule has 6 heteroatoms. The highest BCUT2D eigenvalue weighted by Gasteiger charge is 2.21. The summed E-state index contributed by atoms with van der Waals surface area (Å²) in [6.07, 6.45) is 5.92. The van der Waals surface area contributed by atoms with Crippen molar-refractivity contribution in [3.63, 3.8) is 0 Å². The summed E-state index contributed by atoms with van der Waals surface area (Å²) in [5, 5.41) is 4.84. The van der Waals surface area contributed by atoms with Gasteiger partial charge in [-0.3, -0.25) is 0 Å². The van der Waals surface area contributed by atoms with Crippen molar-refractivity contribution in [3.05, 3.63) is 206 Å². The van der Waals surface area contributed by atoms with E-state index in [0.29, 0.717) is 17.5 Å². The van der Waals surface area contributed by atoms with Crippen molar-refractivity contribution in [1.29, 1.82) is 0 Å². The molecule has 0 radical (unpaired) electrons. The Labute approximate surface area is 357 Å². The number of rotatable bonds is 8. The number of thiophene rings is 1. The van der Waals surface area contributed by atoms with Crippen LogP contribution in [0.3, 0.4) is 0 Å². The fourth-order valence-corrected chi connectivity index (χ4v) is 9.80. The molecular weight excluding hydrogens is 763 g/mol. The first kappa shape index (κ1) is 36.3. The maximum Gasteiger partial charge on any atom is 0.164 e. The summed E-state index contributed by atoms with van der Waals surface area (Å²) in [5.74, 6) is 1.79. The zero-order chi connectivity index (χ0) is 40.9. The van der Waals surface area contributed by atoms with E-state index in [9.17, 15) is 0 Å². The van der Waals surface area contributed by atoms with Crippen molar-refractivity contribution >= 4 is 59.4 Å². The highest BCUT2D eigenvalue weighted by Crippen LogP contribution is 2.46. The molecule has 0 unspecified atom stereocenters. The van der Waals surface area contributed by atoms with E-state index in [1.54, 1.807) is 11.3 Å². The number of allylic oxidation sites excluding steroid dienone is 2. The summed E-state index contributed by atoms with van der Waals surface area (Å²) < 4.78 is 4.68. The van der Waals surface area contributed by atoms with E-state index in [0.717, 1.165) is 55.1 Å². The lowest BCUT2D eigenvalue weighted by Crippen LogP contribution is -2.02. The SMILES string of the molecule is C=C/C=C\c1c(C)c2ccccc2n1-c1cccc(-c2nc(-c3ccccc3)nc(-c3cccc(-c4nc5cccc(-c6ccccc6)c5c5c4sc4ccccc45)c3)n2)c1. The summed E-state index contributed by atoms with van der Waals surface area (Å²) in [6, 6.07) is 61.4. The third-order valence-corrected chi connectivity index (χ3v) is 12.6. The summed E-state index contributed by atoms with van der Waals surface area (Å²) in [7, 11) is 0. The van der Waals surface area contributed by atoms with Crippen LogP contribution in [0.15, 0.2) is 195 Å². The number of para-hydroxylation sites is 1. The van der Waals surface area contributed by atoms with Gasteiger partial charge in [0.15, 0.2) is 17.5 Å². The van der Waals surface area contributed by atoms with Crippen LogP contribution in [0, 0.1) is 6.92 Å². The summed E-state index contributed by atoms with van der Waals surface area (Å²) in [4.78, 5) is 20.9. The summed E-state index contributed by atoms with van der Waals surface area (Å²) in [5.41, 5.74) is 12.4. The van der Waals surface area contributed by atoms with E-state index in [1.165, 1.54) is 42.9 Å². The molecule has 0 bridgehead atoms. The van der Waals surface area contributed by atoms with Crippen molar-refractivity contribution < 1.29 is 0 Å². The number of fused-ring (bicyclic) bond motifs is 6. The number of aromatic nitrogens is 5. The number of hydrogen-bond acceptors (Lipinski definition) is 5. The average Bonchev–Trinajstić information content (AvgIpc) is 3.86. The number of pyridine rings is 1. The van der Waals surface area contributed by atoms with Crippen LogP contribution in [0.25, 0.3) is 110 Å². The predicted molar refractivity (Wildman–Crippen MR) is 256 cm³/mol. The van der Waals surface area contributed by atoms with Gasteiger partial charge in [-0.25, -0.2) is 19.9 Å². The van der Waals surface area contributed by atoms with Crippen molar-refractivity contribution in [2.45, 2.75) is 6.92 Å². The van der Waals surface area contributed by atoms with Crippen molar-refractivity contribution in [2.24, 2.45) is 0 Å². The molecule has 0 atom stereocenters. The Kier molecular flexibility index (Phi) is 8.98. The molecule has 0 N–H and O–H groups in total. The van der Waals surface area contributed by atoms with Crippen LogP contribution in [0.1, 0.15) is 11.3 Å². The Morgan fingerprint density at radius 3 is 1.90 bits per heavy atom. The molecule has 11 rings (SSSR count). The van der Waals surface area contributed by atoms with Gasteiger partial charge in [0.05, 0.1) is 21.4 Å². The smallest absolute Gasteiger partial charge is 0.164 e. The van der Waals surface area contributed by atoms with Crippen LogP contribution in [0.5, 0.6) is 0 Å². The van der Waals surface area contributed by atoms with Gasteiger partial charge in [-0.05, 0) is 66.1 Å². The molecule has 0 aliphatic rings. The summed E-state index contributed by atoms with van der Waals surface area (Å²) >= 11 is 1.79. The third kappa shape index (κ3) is 6.33. The van der Waals surface area contributed by atoms with Crippen LogP contribution < -0.4 is 0 Å². The van der Waals surface area contributed by atoms with Gasteiger partial charge in [-0.1, -0.05) is 158 Å². The van der Waals surface area contributed by atoms with E-state index >= 15 is 0 Å². The fourth-order valence-electron chi connectivity index (χ4n) is 8.58. The molecule has 0 saturated carbocycles. The first-order valence-corrected chi connectivity index (χ1v) is 21.2. The number of nitrogens with zero attached hydrogens (tertiary/aromatic N) is 5. The Hall–Kier alpha value is -7.80. The van der Waals surface area contributed by atoms with Gasteiger partial charge in [-0.2, -0.15) is 0 Å². The van der Waals surface area contributed by atoms with E-state index in [-0.39, 0.29) is 0 Å². The number of aryl methyl sites for hydroxylation is 1. The summed E-state index contributed by atoms with van der Waals surface area (Å²) in [6.45, 7) is 6.10. The highest BCUT2D eigenvalue weighted by molar-refractivity contribution is 7.26. The van der Waals surface area contributed by atoms with Gasteiger partial charge in [0, 0.05) is 59.9 Å². The number of benzene rings is 7. The average molecular weight is 800 g/mol. The topological polar surface area (TPSA) is 56.5 Å². The van der Waals surface area contributed by atoms with Crippen LogP contribution >= 0.6 is 11.3 Å². The first-order chi connectivity index (χ1) is 30.1. The second kappa shape index (κ2) is 15.1. The molecule has 0 aliphatic heterocycles.